The van der Waals surface area contributed by atoms with E-state index >= 15 is 0 Å². The highest BCUT2D eigenvalue weighted by Gasteiger charge is 2.10. The Balaban J connectivity index is 2.88. The second-order valence-corrected chi connectivity index (χ2v) is 4.68. The van der Waals surface area contributed by atoms with Crippen LogP contribution in [0.15, 0.2) is 18.2 Å². The molecule has 0 aliphatic carbocycles. The van der Waals surface area contributed by atoms with Gasteiger partial charge in [-0.05, 0) is 31.4 Å². The minimum atomic E-state index is -0.154. The molecule has 0 bridgehead atoms. The first kappa shape index (κ1) is 13.3. The fourth-order valence-corrected chi connectivity index (χ4v) is 2.10. The molecule has 0 heterocycles. The minimum Gasteiger partial charge on any atom is -0.373 e. The Hall–Kier alpha value is -0.740. The number of hydrogen-bond acceptors (Lipinski definition) is 3. The first-order valence-corrected chi connectivity index (χ1v) is 6.77. The van der Waals surface area contributed by atoms with E-state index in [9.17, 15) is 4.39 Å². The zero-order chi connectivity index (χ0) is 12.0. The van der Waals surface area contributed by atoms with Gasteiger partial charge in [-0.1, -0.05) is 6.07 Å². The summed E-state index contributed by atoms with van der Waals surface area (Å²) in [5.41, 5.74) is 7.20. The third-order valence-corrected chi connectivity index (χ3v) is 3.12. The van der Waals surface area contributed by atoms with Crippen LogP contribution < -0.4 is 10.6 Å². The van der Waals surface area contributed by atoms with E-state index in [0.717, 1.165) is 23.5 Å². The van der Waals surface area contributed by atoms with Crippen LogP contribution in [0, 0.1) is 5.82 Å². The smallest absolute Gasteiger partial charge is 0.128 e. The number of rotatable bonds is 6. The van der Waals surface area contributed by atoms with Crippen molar-refractivity contribution in [1.82, 2.24) is 0 Å². The normalized spacial score (nSPS) is 10.5. The van der Waals surface area contributed by atoms with Gasteiger partial charge in [0.15, 0.2) is 0 Å². The topological polar surface area (TPSA) is 29.3 Å². The van der Waals surface area contributed by atoms with Crippen LogP contribution in [0.4, 0.5) is 10.1 Å². The number of anilines is 1. The molecule has 0 spiro atoms. The van der Waals surface area contributed by atoms with Gasteiger partial charge in [-0.15, -0.1) is 0 Å². The van der Waals surface area contributed by atoms with Crippen molar-refractivity contribution >= 4 is 17.4 Å². The highest BCUT2D eigenvalue weighted by Crippen LogP contribution is 2.22. The van der Waals surface area contributed by atoms with Crippen molar-refractivity contribution in [2.45, 2.75) is 6.42 Å². The summed E-state index contributed by atoms with van der Waals surface area (Å²) >= 11 is 1.79. The molecule has 0 aliphatic rings. The fourth-order valence-electron chi connectivity index (χ4n) is 1.65. The predicted octanol–water partition coefficient (Wildman–Crippen LogP) is 2.13. The lowest BCUT2D eigenvalue weighted by Crippen LogP contribution is -2.22. The molecule has 0 saturated carbocycles. The molecule has 1 rings (SSSR count). The summed E-state index contributed by atoms with van der Waals surface area (Å²) in [5, 5.41) is 0. The second-order valence-electron chi connectivity index (χ2n) is 3.69. The number of thioether (sulfide) groups is 1. The standard InChI is InChI=1S/C12H19FN2S/c1-15(8-9-16-2)12-5-3-4-11(13)10(12)6-7-14/h3-5H,6-9,14H2,1-2H3. The number of benzene rings is 1. The third-order valence-electron chi connectivity index (χ3n) is 2.53. The molecule has 1 aromatic carbocycles. The number of nitrogens with two attached hydrogens (primary N) is 1. The Morgan fingerprint density at radius 3 is 2.81 bits per heavy atom. The summed E-state index contributed by atoms with van der Waals surface area (Å²) in [6, 6.07) is 5.20. The Labute approximate surface area is 101 Å². The highest BCUT2D eigenvalue weighted by molar-refractivity contribution is 7.98. The van der Waals surface area contributed by atoms with Crippen molar-refractivity contribution < 1.29 is 4.39 Å². The Bertz CT molecular complexity index is 331. The summed E-state index contributed by atoms with van der Waals surface area (Å²) in [6.45, 7) is 1.40. The summed E-state index contributed by atoms with van der Waals surface area (Å²) in [4.78, 5) is 2.09. The van der Waals surface area contributed by atoms with E-state index < -0.39 is 0 Å². The summed E-state index contributed by atoms with van der Waals surface area (Å²) in [6.07, 6.45) is 2.66. The van der Waals surface area contributed by atoms with Crippen molar-refractivity contribution in [1.29, 1.82) is 0 Å². The largest absolute Gasteiger partial charge is 0.373 e. The monoisotopic (exact) mass is 242 g/mol. The van der Waals surface area contributed by atoms with Gasteiger partial charge in [0.25, 0.3) is 0 Å². The lowest BCUT2D eigenvalue weighted by atomic mass is 10.1. The van der Waals surface area contributed by atoms with Crippen molar-refractivity contribution in [3.05, 3.63) is 29.6 Å². The van der Waals surface area contributed by atoms with E-state index in [-0.39, 0.29) is 5.82 Å². The molecule has 0 unspecified atom stereocenters. The average Bonchev–Trinajstić information content (AvgIpc) is 2.29. The van der Waals surface area contributed by atoms with Crippen LogP contribution in [-0.2, 0) is 6.42 Å². The van der Waals surface area contributed by atoms with Gasteiger partial charge in [-0.25, -0.2) is 4.39 Å². The van der Waals surface area contributed by atoms with Crippen LogP contribution in [0.3, 0.4) is 0 Å². The quantitative estimate of drug-likeness (QED) is 0.828. The fraction of sp³-hybridized carbons (Fsp3) is 0.500. The molecule has 4 heteroatoms. The van der Waals surface area contributed by atoms with E-state index in [0.29, 0.717) is 13.0 Å². The lowest BCUT2D eigenvalue weighted by molar-refractivity contribution is 0.609. The van der Waals surface area contributed by atoms with Crippen LogP contribution >= 0.6 is 11.8 Å². The van der Waals surface area contributed by atoms with Gasteiger partial charge in [0.2, 0.25) is 0 Å². The van der Waals surface area contributed by atoms with Gasteiger partial charge in [-0.3, -0.25) is 0 Å². The summed E-state index contributed by atoms with van der Waals surface area (Å²) in [7, 11) is 1.99. The van der Waals surface area contributed by atoms with Crippen molar-refractivity contribution in [2.24, 2.45) is 5.73 Å². The second kappa shape index (κ2) is 6.76. The molecule has 0 fully saturated rings. The van der Waals surface area contributed by atoms with Crippen molar-refractivity contribution in [2.75, 3.05) is 37.0 Å². The van der Waals surface area contributed by atoms with Gasteiger partial charge in [0.05, 0.1) is 0 Å². The molecule has 0 saturated heterocycles. The van der Waals surface area contributed by atoms with Gasteiger partial charge in [0, 0.05) is 30.6 Å². The molecular formula is C12H19FN2S. The van der Waals surface area contributed by atoms with Crippen LogP contribution in [-0.4, -0.2) is 32.1 Å². The van der Waals surface area contributed by atoms with Gasteiger partial charge < -0.3 is 10.6 Å². The van der Waals surface area contributed by atoms with Crippen molar-refractivity contribution in [3.8, 4) is 0 Å². The first-order valence-electron chi connectivity index (χ1n) is 5.38. The number of hydrogen-bond donors (Lipinski definition) is 1. The molecule has 0 aliphatic heterocycles. The Morgan fingerprint density at radius 2 is 2.19 bits per heavy atom. The first-order chi connectivity index (χ1) is 7.70. The van der Waals surface area contributed by atoms with Crippen LogP contribution in [0.1, 0.15) is 5.56 Å². The van der Waals surface area contributed by atoms with E-state index in [1.165, 1.54) is 6.07 Å². The molecule has 1 aromatic rings. The molecule has 90 valence electrons. The number of nitrogens with zero attached hydrogens (tertiary/aromatic N) is 1. The molecule has 2 nitrogen and oxygen atoms in total. The maximum Gasteiger partial charge on any atom is 0.128 e. The summed E-state index contributed by atoms with van der Waals surface area (Å²) < 4.78 is 13.6. The molecular weight excluding hydrogens is 223 g/mol. The molecule has 0 atom stereocenters. The molecule has 2 N–H and O–H groups in total. The van der Waals surface area contributed by atoms with E-state index in [2.05, 4.69) is 11.2 Å². The highest BCUT2D eigenvalue weighted by atomic mass is 32.2. The van der Waals surface area contributed by atoms with Gasteiger partial charge >= 0.3 is 0 Å². The zero-order valence-electron chi connectivity index (χ0n) is 9.87. The molecule has 0 aromatic heterocycles. The minimum absolute atomic E-state index is 0.154. The Morgan fingerprint density at radius 1 is 1.44 bits per heavy atom. The van der Waals surface area contributed by atoms with Gasteiger partial charge in [0.1, 0.15) is 5.82 Å². The van der Waals surface area contributed by atoms with Gasteiger partial charge in [-0.2, -0.15) is 11.8 Å². The Kier molecular flexibility index (Phi) is 5.63. The molecule has 16 heavy (non-hydrogen) atoms. The third kappa shape index (κ3) is 3.39. The maximum atomic E-state index is 13.6. The van der Waals surface area contributed by atoms with Crippen molar-refractivity contribution in [3.63, 3.8) is 0 Å². The average molecular weight is 242 g/mol. The van der Waals surface area contributed by atoms with Crippen LogP contribution in [0.5, 0.6) is 0 Å². The zero-order valence-corrected chi connectivity index (χ0v) is 10.7. The molecule has 0 amide bonds. The lowest BCUT2D eigenvalue weighted by Gasteiger charge is -2.22. The van der Waals surface area contributed by atoms with Crippen LogP contribution in [0.2, 0.25) is 0 Å². The predicted molar refractivity (Wildman–Crippen MR) is 70.8 cm³/mol. The molecule has 0 radical (unpaired) electrons. The van der Waals surface area contributed by atoms with E-state index in [4.69, 9.17) is 5.73 Å². The van der Waals surface area contributed by atoms with Crippen LogP contribution in [0.25, 0.3) is 0 Å². The summed E-state index contributed by atoms with van der Waals surface area (Å²) in [5.74, 6) is 0.883. The SMILES string of the molecule is CSCCN(C)c1cccc(F)c1CCN. The number of halogens is 1. The maximum absolute atomic E-state index is 13.6. The van der Waals surface area contributed by atoms with E-state index in [1.54, 1.807) is 17.8 Å². The van der Waals surface area contributed by atoms with E-state index in [1.807, 2.05) is 13.1 Å².